The van der Waals surface area contributed by atoms with Gasteiger partial charge in [-0.2, -0.15) is 0 Å². The summed E-state index contributed by atoms with van der Waals surface area (Å²) in [6.07, 6.45) is 27.3. The van der Waals surface area contributed by atoms with Crippen LogP contribution in [-0.2, 0) is 9.53 Å². The number of allylic oxidation sites excluding steroid dienone is 2. The molecule has 222 valence electrons. The van der Waals surface area contributed by atoms with Gasteiger partial charge in [0.1, 0.15) is 5.60 Å². The molecular formula is C35H64O3. The van der Waals surface area contributed by atoms with Crippen molar-refractivity contribution in [2.24, 2.45) is 22.7 Å². The van der Waals surface area contributed by atoms with Crippen LogP contribution in [0.3, 0.4) is 0 Å². The van der Waals surface area contributed by atoms with Gasteiger partial charge in [-0.05, 0) is 29.7 Å². The van der Waals surface area contributed by atoms with E-state index in [1.165, 1.54) is 89.9 Å². The minimum atomic E-state index is -1.25. The topological polar surface area (TPSA) is 46.5 Å². The van der Waals surface area contributed by atoms with Gasteiger partial charge in [-0.15, -0.1) is 0 Å². The van der Waals surface area contributed by atoms with E-state index in [4.69, 9.17) is 4.74 Å². The van der Waals surface area contributed by atoms with E-state index in [1.807, 2.05) is 19.1 Å². The maximum Gasteiger partial charge on any atom is 0.311 e. The fourth-order valence-corrected chi connectivity index (χ4v) is 6.14. The van der Waals surface area contributed by atoms with Gasteiger partial charge in [-0.25, -0.2) is 0 Å². The molecule has 0 saturated heterocycles. The first-order valence-corrected chi connectivity index (χ1v) is 16.1. The Morgan fingerprint density at radius 2 is 1.24 bits per heavy atom. The van der Waals surface area contributed by atoms with Crippen LogP contribution >= 0.6 is 0 Å². The van der Waals surface area contributed by atoms with Gasteiger partial charge in [-0.3, -0.25) is 4.79 Å². The fourth-order valence-electron chi connectivity index (χ4n) is 6.14. The zero-order valence-electron chi connectivity index (χ0n) is 26.7. The molecule has 0 aromatic heterocycles. The molecule has 1 N–H and O–H groups in total. The number of carbonyl (C=O) groups excluding carboxylic acids is 1. The number of aliphatic hydroxyl groups is 1. The lowest BCUT2D eigenvalue weighted by atomic mass is 9.57. The zero-order valence-corrected chi connectivity index (χ0v) is 26.7. The first kappa shape index (κ1) is 34.9. The van der Waals surface area contributed by atoms with E-state index in [2.05, 4.69) is 54.5 Å². The Hall–Kier alpha value is -1.09. The van der Waals surface area contributed by atoms with Gasteiger partial charge in [-0.1, -0.05) is 163 Å². The van der Waals surface area contributed by atoms with Gasteiger partial charge in [0.15, 0.2) is 0 Å². The number of carbonyl (C=O) groups is 1. The molecular weight excluding hydrogens is 468 g/mol. The van der Waals surface area contributed by atoms with Crippen LogP contribution in [0.2, 0.25) is 0 Å². The average Bonchev–Trinajstić information content (AvgIpc) is 2.83. The Morgan fingerprint density at radius 1 is 0.816 bits per heavy atom. The smallest absolute Gasteiger partial charge is 0.311 e. The molecule has 0 heterocycles. The summed E-state index contributed by atoms with van der Waals surface area (Å²) in [5, 5.41) is 12.1. The molecule has 1 rings (SSSR count). The Bertz CT molecular complexity index is 706. The summed E-state index contributed by atoms with van der Waals surface area (Å²) < 4.78 is 5.71. The quantitative estimate of drug-likeness (QED) is 0.133. The van der Waals surface area contributed by atoms with Gasteiger partial charge in [0.25, 0.3) is 0 Å². The largest absolute Gasteiger partial charge is 0.465 e. The molecule has 0 radical (unpaired) electrons. The lowest BCUT2D eigenvalue weighted by Crippen LogP contribution is -2.55. The Labute approximate surface area is 237 Å². The van der Waals surface area contributed by atoms with E-state index >= 15 is 0 Å². The number of hydrogen-bond acceptors (Lipinski definition) is 3. The summed E-state index contributed by atoms with van der Waals surface area (Å²) in [6, 6.07) is 0. The summed E-state index contributed by atoms with van der Waals surface area (Å²) in [4.78, 5) is 13.1. The van der Waals surface area contributed by atoms with E-state index < -0.39 is 11.5 Å². The van der Waals surface area contributed by atoms with E-state index in [0.717, 1.165) is 18.4 Å². The average molecular weight is 533 g/mol. The van der Waals surface area contributed by atoms with Crippen molar-refractivity contribution >= 4 is 5.97 Å². The maximum absolute atomic E-state index is 13.1. The normalized spacial score (nSPS) is 20.9. The van der Waals surface area contributed by atoms with Gasteiger partial charge in [0.05, 0.1) is 12.5 Å². The van der Waals surface area contributed by atoms with Gasteiger partial charge < -0.3 is 9.84 Å². The Kier molecular flexibility index (Phi) is 16.2. The first-order chi connectivity index (χ1) is 17.9. The highest BCUT2D eigenvalue weighted by molar-refractivity contribution is 5.75. The number of hydrogen-bond donors (Lipinski definition) is 1. The summed E-state index contributed by atoms with van der Waals surface area (Å²) >= 11 is 0. The number of ether oxygens (including phenoxy) is 1. The van der Waals surface area contributed by atoms with Crippen LogP contribution in [-0.4, -0.2) is 23.3 Å². The third-order valence-corrected chi connectivity index (χ3v) is 8.47. The van der Waals surface area contributed by atoms with Crippen molar-refractivity contribution in [3.63, 3.8) is 0 Å². The van der Waals surface area contributed by atoms with Crippen molar-refractivity contribution in [3.05, 3.63) is 23.8 Å². The van der Waals surface area contributed by atoms with Gasteiger partial charge in [0, 0.05) is 5.92 Å². The lowest BCUT2D eigenvalue weighted by Gasteiger charge is -2.50. The molecule has 0 aliphatic heterocycles. The molecule has 3 unspecified atom stereocenters. The highest BCUT2D eigenvalue weighted by Gasteiger charge is 2.54. The van der Waals surface area contributed by atoms with Crippen LogP contribution < -0.4 is 0 Å². The van der Waals surface area contributed by atoms with Crippen LogP contribution in [0.4, 0.5) is 0 Å². The molecule has 3 atom stereocenters. The van der Waals surface area contributed by atoms with E-state index in [-0.39, 0.29) is 22.7 Å². The number of unbranched alkanes of at least 4 members (excludes halogenated alkanes) is 15. The van der Waals surface area contributed by atoms with E-state index in [1.54, 1.807) is 0 Å². The minimum Gasteiger partial charge on any atom is -0.465 e. The molecule has 0 aromatic rings. The molecule has 0 aromatic carbocycles. The predicted octanol–water partition coefficient (Wildman–Crippen LogP) is 10.4. The summed E-state index contributed by atoms with van der Waals surface area (Å²) in [6.45, 7) is 17.3. The highest BCUT2D eigenvalue weighted by atomic mass is 16.5. The molecule has 1 aliphatic rings. The molecule has 0 spiro atoms. The standard InChI is InChI=1S/C35H64O3/c1-9-10-11-12-13-14-15-16-17-18-19-20-21-22-23-24-28-38-32(36)29(2)35(37)30(33(3,4)5)26-25-27-31(35)34(6,7)8/h25-27,29-30,37H,9-24,28H2,1-8H3. The number of esters is 1. The van der Waals surface area contributed by atoms with E-state index in [9.17, 15) is 9.90 Å². The van der Waals surface area contributed by atoms with E-state index in [0.29, 0.717) is 6.61 Å². The maximum atomic E-state index is 13.1. The number of rotatable bonds is 19. The molecule has 38 heavy (non-hydrogen) atoms. The fraction of sp³-hybridized carbons (Fsp3) is 0.857. The Balaban J connectivity index is 2.26. The second-order valence-corrected chi connectivity index (χ2v) is 14.1. The summed E-state index contributed by atoms with van der Waals surface area (Å²) in [7, 11) is 0. The van der Waals surface area contributed by atoms with Crippen molar-refractivity contribution in [1.82, 2.24) is 0 Å². The molecule has 0 fully saturated rings. The van der Waals surface area contributed by atoms with Crippen molar-refractivity contribution < 1.29 is 14.6 Å². The summed E-state index contributed by atoms with van der Waals surface area (Å²) in [5.74, 6) is -1.07. The predicted molar refractivity (Wildman–Crippen MR) is 164 cm³/mol. The molecule has 3 nitrogen and oxygen atoms in total. The first-order valence-electron chi connectivity index (χ1n) is 16.1. The highest BCUT2D eigenvalue weighted by Crippen LogP contribution is 2.51. The third kappa shape index (κ3) is 12.0. The van der Waals surface area contributed by atoms with Crippen LogP contribution in [0.1, 0.15) is 158 Å². The van der Waals surface area contributed by atoms with Crippen LogP contribution in [0.25, 0.3) is 0 Å². The van der Waals surface area contributed by atoms with Gasteiger partial charge in [0.2, 0.25) is 0 Å². The monoisotopic (exact) mass is 532 g/mol. The molecule has 0 saturated carbocycles. The van der Waals surface area contributed by atoms with Crippen molar-refractivity contribution in [2.75, 3.05) is 6.61 Å². The molecule has 3 heteroatoms. The minimum absolute atomic E-state index is 0.160. The van der Waals surface area contributed by atoms with Gasteiger partial charge >= 0.3 is 5.97 Å². The van der Waals surface area contributed by atoms with Crippen molar-refractivity contribution in [1.29, 1.82) is 0 Å². The third-order valence-electron chi connectivity index (χ3n) is 8.47. The molecule has 0 bridgehead atoms. The van der Waals surface area contributed by atoms with Crippen LogP contribution in [0, 0.1) is 22.7 Å². The van der Waals surface area contributed by atoms with Crippen LogP contribution in [0.5, 0.6) is 0 Å². The zero-order chi connectivity index (χ0) is 28.7. The lowest BCUT2D eigenvalue weighted by molar-refractivity contribution is -0.161. The second-order valence-electron chi connectivity index (χ2n) is 14.1. The van der Waals surface area contributed by atoms with Crippen LogP contribution in [0.15, 0.2) is 23.8 Å². The Morgan fingerprint density at radius 3 is 1.63 bits per heavy atom. The molecule has 0 amide bonds. The SMILES string of the molecule is CCCCCCCCCCCCCCCCCCOC(=O)C(C)C1(O)C(C(C)(C)C)=CC=CC1C(C)(C)C. The summed E-state index contributed by atoms with van der Waals surface area (Å²) in [5.41, 5.74) is -0.764. The second kappa shape index (κ2) is 17.6. The van der Waals surface area contributed by atoms with Crippen molar-refractivity contribution in [3.8, 4) is 0 Å². The molecule has 1 aliphatic carbocycles. The van der Waals surface area contributed by atoms with Crippen molar-refractivity contribution in [2.45, 2.75) is 164 Å².